The normalized spacial score (nSPS) is 14.1. The third kappa shape index (κ3) is 4.19. The van der Waals surface area contributed by atoms with Gasteiger partial charge in [-0.25, -0.2) is 0 Å². The SMILES string of the molecule is C=CCC[C@@H](C)Nc1cccc([S@@](C)=O)c1. The first-order valence-electron chi connectivity index (χ1n) is 5.44. The molecule has 1 aromatic carbocycles. The van der Waals surface area contributed by atoms with E-state index >= 15 is 0 Å². The van der Waals surface area contributed by atoms with Gasteiger partial charge in [0.25, 0.3) is 0 Å². The predicted molar refractivity (Wildman–Crippen MR) is 71.3 cm³/mol. The van der Waals surface area contributed by atoms with E-state index in [9.17, 15) is 4.21 Å². The van der Waals surface area contributed by atoms with E-state index in [1.165, 1.54) is 0 Å². The first-order chi connectivity index (χ1) is 7.63. The number of anilines is 1. The van der Waals surface area contributed by atoms with Crippen LogP contribution in [-0.4, -0.2) is 16.5 Å². The van der Waals surface area contributed by atoms with Gasteiger partial charge in [0.1, 0.15) is 0 Å². The van der Waals surface area contributed by atoms with Crippen LogP contribution in [-0.2, 0) is 10.8 Å². The van der Waals surface area contributed by atoms with Crippen molar-refractivity contribution in [3.05, 3.63) is 36.9 Å². The summed E-state index contributed by atoms with van der Waals surface area (Å²) in [4.78, 5) is 0.862. The molecule has 0 aliphatic rings. The molecule has 1 N–H and O–H groups in total. The summed E-state index contributed by atoms with van der Waals surface area (Å²) < 4.78 is 11.3. The number of rotatable bonds is 6. The van der Waals surface area contributed by atoms with Crippen LogP contribution in [0.25, 0.3) is 0 Å². The predicted octanol–water partition coefficient (Wildman–Crippen LogP) is 3.19. The Kier molecular flexibility index (Phi) is 5.26. The summed E-state index contributed by atoms with van der Waals surface area (Å²) in [5.74, 6) is 0. The molecule has 2 nitrogen and oxygen atoms in total. The maximum Gasteiger partial charge on any atom is 0.0498 e. The average Bonchev–Trinajstić information content (AvgIpc) is 2.26. The Morgan fingerprint density at radius 2 is 2.31 bits per heavy atom. The number of allylic oxidation sites excluding steroid dienone is 1. The summed E-state index contributed by atoms with van der Waals surface area (Å²) in [6, 6.07) is 8.16. The Morgan fingerprint density at radius 1 is 1.56 bits per heavy atom. The molecule has 1 aromatic rings. The van der Waals surface area contributed by atoms with Crippen LogP contribution >= 0.6 is 0 Å². The molecule has 0 aliphatic carbocycles. The van der Waals surface area contributed by atoms with Crippen LogP contribution in [0.3, 0.4) is 0 Å². The molecule has 0 unspecified atom stereocenters. The monoisotopic (exact) mass is 237 g/mol. The zero-order chi connectivity index (χ0) is 12.0. The van der Waals surface area contributed by atoms with E-state index in [0.29, 0.717) is 6.04 Å². The van der Waals surface area contributed by atoms with Crippen molar-refractivity contribution in [2.75, 3.05) is 11.6 Å². The zero-order valence-electron chi connectivity index (χ0n) is 9.90. The van der Waals surface area contributed by atoms with Crippen molar-refractivity contribution in [2.24, 2.45) is 0 Å². The Morgan fingerprint density at radius 3 is 2.94 bits per heavy atom. The molecule has 0 aromatic heterocycles. The lowest BCUT2D eigenvalue weighted by Gasteiger charge is -2.14. The van der Waals surface area contributed by atoms with E-state index in [2.05, 4.69) is 18.8 Å². The lowest BCUT2D eigenvalue weighted by atomic mass is 10.1. The molecule has 0 bridgehead atoms. The number of hydrogen-bond acceptors (Lipinski definition) is 2. The molecular formula is C13H19NOS. The summed E-state index contributed by atoms with van der Waals surface area (Å²) in [7, 11) is -0.916. The highest BCUT2D eigenvalue weighted by Crippen LogP contribution is 2.15. The third-order valence-corrected chi connectivity index (χ3v) is 3.30. The van der Waals surface area contributed by atoms with E-state index in [1.54, 1.807) is 6.26 Å². The van der Waals surface area contributed by atoms with Gasteiger partial charge in [0.15, 0.2) is 0 Å². The Bertz CT molecular complexity index is 376. The fraction of sp³-hybridized carbons (Fsp3) is 0.385. The van der Waals surface area contributed by atoms with Gasteiger partial charge in [-0.15, -0.1) is 6.58 Å². The standard InChI is InChI=1S/C13H19NOS/c1-4-5-7-11(2)14-12-8-6-9-13(10-12)16(3)15/h4,6,8-11,14H,1,5,7H2,2-3H3/t11-,16-/m1/s1. The van der Waals surface area contributed by atoms with Gasteiger partial charge in [0, 0.05) is 33.7 Å². The van der Waals surface area contributed by atoms with Crippen LogP contribution in [0.4, 0.5) is 5.69 Å². The van der Waals surface area contributed by atoms with Crippen molar-refractivity contribution < 1.29 is 4.21 Å². The summed E-state index contributed by atoms with van der Waals surface area (Å²) >= 11 is 0. The first-order valence-corrected chi connectivity index (χ1v) is 7.00. The highest BCUT2D eigenvalue weighted by molar-refractivity contribution is 7.84. The minimum atomic E-state index is -0.916. The summed E-state index contributed by atoms with van der Waals surface area (Å²) in [6.07, 6.45) is 5.69. The van der Waals surface area contributed by atoms with Crippen LogP contribution < -0.4 is 5.32 Å². The van der Waals surface area contributed by atoms with Crippen LogP contribution in [0.5, 0.6) is 0 Å². The smallest absolute Gasteiger partial charge is 0.0498 e. The topological polar surface area (TPSA) is 29.1 Å². The van der Waals surface area contributed by atoms with E-state index in [-0.39, 0.29) is 0 Å². The molecule has 88 valence electrons. The molecule has 3 heteroatoms. The van der Waals surface area contributed by atoms with Gasteiger partial charge in [0.2, 0.25) is 0 Å². The van der Waals surface area contributed by atoms with Gasteiger partial charge in [-0.2, -0.15) is 0 Å². The largest absolute Gasteiger partial charge is 0.383 e. The van der Waals surface area contributed by atoms with Gasteiger partial charge in [0.05, 0.1) is 0 Å². The van der Waals surface area contributed by atoms with Gasteiger partial charge in [-0.3, -0.25) is 4.21 Å². The lowest BCUT2D eigenvalue weighted by Crippen LogP contribution is -2.14. The van der Waals surface area contributed by atoms with Crippen LogP contribution in [0.1, 0.15) is 19.8 Å². The summed E-state index contributed by atoms with van der Waals surface area (Å²) in [5.41, 5.74) is 1.03. The molecule has 0 heterocycles. The summed E-state index contributed by atoms with van der Waals surface area (Å²) in [6.45, 7) is 5.85. The van der Waals surface area contributed by atoms with Crippen molar-refractivity contribution in [1.29, 1.82) is 0 Å². The van der Waals surface area contributed by atoms with Gasteiger partial charge < -0.3 is 5.32 Å². The maximum atomic E-state index is 11.3. The maximum absolute atomic E-state index is 11.3. The molecule has 1 rings (SSSR count). The van der Waals surface area contributed by atoms with Crippen LogP contribution in [0.15, 0.2) is 41.8 Å². The van der Waals surface area contributed by atoms with Crippen molar-refractivity contribution >= 4 is 16.5 Å². The van der Waals surface area contributed by atoms with Crippen molar-refractivity contribution in [2.45, 2.75) is 30.7 Å². The Balaban J connectivity index is 2.62. The first kappa shape index (κ1) is 13.0. The second-order valence-electron chi connectivity index (χ2n) is 3.89. The molecule has 0 saturated heterocycles. The Hall–Kier alpha value is -1.09. The third-order valence-electron chi connectivity index (χ3n) is 2.38. The summed E-state index contributed by atoms with van der Waals surface area (Å²) in [5, 5.41) is 3.39. The minimum Gasteiger partial charge on any atom is -0.383 e. The molecule has 0 aliphatic heterocycles. The van der Waals surface area contributed by atoms with Gasteiger partial charge in [-0.05, 0) is 38.0 Å². The zero-order valence-corrected chi connectivity index (χ0v) is 10.7. The lowest BCUT2D eigenvalue weighted by molar-refractivity contribution is 0.686. The molecule has 2 atom stereocenters. The van der Waals surface area contributed by atoms with Gasteiger partial charge >= 0.3 is 0 Å². The van der Waals surface area contributed by atoms with Crippen LogP contribution in [0.2, 0.25) is 0 Å². The average molecular weight is 237 g/mol. The number of nitrogens with one attached hydrogen (secondary N) is 1. The molecule has 0 saturated carbocycles. The number of hydrogen-bond donors (Lipinski definition) is 1. The second-order valence-corrected chi connectivity index (χ2v) is 5.27. The highest BCUT2D eigenvalue weighted by atomic mass is 32.2. The van der Waals surface area contributed by atoms with E-state index < -0.39 is 10.8 Å². The highest BCUT2D eigenvalue weighted by Gasteiger charge is 2.02. The molecule has 0 amide bonds. The van der Waals surface area contributed by atoms with Crippen molar-refractivity contribution in [3.63, 3.8) is 0 Å². The van der Waals surface area contributed by atoms with Crippen LogP contribution in [0, 0.1) is 0 Å². The molecular weight excluding hydrogens is 218 g/mol. The quantitative estimate of drug-likeness (QED) is 0.770. The Labute approximate surface area is 100 Å². The molecule has 0 fully saturated rings. The number of benzene rings is 1. The van der Waals surface area contributed by atoms with Crippen molar-refractivity contribution in [1.82, 2.24) is 0 Å². The second kappa shape index (κ2) is 6.48. The van der Waals surface area contributed by atoms with E-state index in [1.807, 2.05) is 30.3 Å². The van der Waals surface area contributed by atoms with E-state index in [4.69, 9.17) is 0 Å². The molecule has 0 spiro atoms. The fourth-order valence-corrected chi connectivity index (χ4v) is 2.05. The fourth-order valence-electron chi connectivity index (χ4n) is 1.49. The van der Waals surface area contributed by atoms with Crippen molar-refractivity contribution in [3.8, 4) is 0 Å². The minimum absolute atomic E-state index is 0.401. The molecule has 0 radical (unpaired) electrons. The van der Waals surface area contributed by atoms with Gasteiger partial charge in [-0.1, -0.05) is 12.1 Å². The van der Waals surface area contributed by atoms with E-state index in [0.717, 1.165) is 23.4 Å². The molecule has 16 heavy (non-hydrogen) atoms.